The summed E-state index contributed by atoms with van der Waals surface area (Å²) >= 11 is 10.0. The maximum absolute atomic E-state index is 12.0. The smallest absolute Gasteiger partial charge is 0.410 e. The number of hydrogen-bond acceptors (Lipinski definition) is 6. The molecule has 0 atom stereocenters. The van der Waals surface area contributed by atoms with Gasteiger partial charge in [-0.15, -0.1) is 0 Å². The maximum atomic E-state index is 12.0. The molecule has 11 heteroatoms. The molecule has 2 amide bonds. The Balaban J connectivity index is 0.000000251. The molecular weight excluding hydrogens is 748 g/mol. The maximum Gasteiger partial charge on any atom is 0.410 e. The van der Waals surface area contributed by atoms with Gasteiger partial charge in [0.25, 0.3) is 0 Å². The third-order valence-corrected chi connectivity index (χ3v) is 7.99. The van der Waals surface area contributed by atoms with Crippen LogP contribution in [-0.2, 0) is 19.9 Å². The van der Waals surface area contributed by atoms with Crippen molar-refractivity contribution in [1.29, 1.82) is 0 Å². The van der Waals surface area contributed by atoms with Gasteiger partial charge in [0.05, 0.1) is 5.60 Å². The van der Waals surface area contributed by atoms with Gasteiger partial charge in [-0.2, -0.15) is 0 Å². The first kappa shape index (κ1) is 37.2. The number of nitrogens with zero attached hydrogens (tertiary/aromatic N) is 2. The fourth-order valence-electron chi connectivity index (χ4n) is 4.13. The van der Waals surface area contributed by atoms with Crippen LogP contribution in [0.2, 0.25) is 0 Å². The normalized spacial score (nSPS) is 16.7. The number of rotatable bonds is 1. The van der Waals surface area contributed by atoms with Crippen LogP contribution in [0.4, 0.5) is 9.59 Å². The van der Waals surface area contributed by atoms with Gasteiger partial charge >= 0.3 is 12.2 Å². The predicted molar refractivity (Wildman–Crippen MR) is 179 cm³/mol. The summed E-state index contributed by atoms with van der Waals surface area (Å²) in [5.74, 6) is 0.227. The molecule has 0 radical (unpaired) electrons. The molecule has 43 heavy (non-hydrogen) atoms. The van der Waals surface area contributed by atoms with Gasteiger partial charge in [-0.3, -0.25) is 4.79 Å². The summed E-state index contributed by atoms with van der Waals surface area (Å²) in [4.78, 5) is 37.7. The second-order valence-corrected chi connectivity index (χ2v) is 15.2. The van der Waals surface area contributed by atoms with Gasteiger partial charge in [0, 0.05) is 52.4 Å². The molecule has 2 fully saturated rings. The number of Topliss-reactive ketones (excluding diaryl/α,β-unsaturated/α-hetero) is 1. The quantitative estimate of drug-likeness (QED) is 0.312. The minimum absolute atomic E-state index is 0.227. The SMILES string of the molecule is Brc1ccc(Br)cc1.CC(C)(C)OC(=O)N1CCC(=O)CC1.CC(C)(C)OC(=O)N1CCC(O)(c2ccc(Br)cc2)CC1. The molecular formula is C32H43Br3N2O6. The Kier molecular flexibility index (Phi) is 14.2. The first-order chi connectivity index (χ1) is 19.9. The van der Waals surface area contributed by atoms with Crippen LogP contribution in [-0.4, -0.2) is 70.3 Å². The van der Waals surface area contributed by atoms with E-state index >= 15 is 0 Å². The molecule has 0 bridgehead atoms. The predicted octanol–water partition coefficient (Wildman–Crippen LogP) is 8.47. The summed E-state index contributed by atoms with van der Waals surface area (Å²) in [6, 6.07) is 15.7. The average molecular weight is 791 g/mol. The summed E-state index contributed by atoms with van der Waals surface area (Å²) in [6.07, 6.45) is 1.34. The highest BCUT2D eigenvalue weighted by Gasteiger charge is 2.36. The molecule has 4 rings (SSSR count). The van der Waals surface area contributed by atoms with Crippen molar-refractivity contribution >= 4 is 65.8 Å². The Hall–Kier alpha value is -1.95. The molecule has 0 spiro atoms. The van der Waals surface area contributed by atoms with E-state index < -0.39 is 16.8 Å². The molecule has 8 nitrogen and oxygen atoms in total. The van der Waals surface area contributed by atoms with E-state index in [9.17, 15) is 19.5 Å². The number of likely N-dealkylation sites (tertiary alicyclic amines) is 2. The minimum atomic E-state index is -0.862. The largest absolute Gasteiger partial charge is 0.444 e. The number of carbonyl (C=O) groups excluding carboxylic acids is 3. The van der Waals surface area contributed by atoms with Crippen LogP contribution >= 0.6 is 47.8 Å². The molecule has 238 valence electrons. The number of ketones is 1. The molecule has 0 aliphatic carbocycles. The Morgan fingerprint density at radius 2 is 1.00 bits per heavy atom. The average Bonchev–Trinajstić information content (AvgIpc) is 2.90. The van der Waals surface area contributed by atoms with Crippen LogP contribution in [0, 0.1) is 0 Å². The van der Waals surface area contributed by atoms with Gasteiger partial charge in [0.2, 0.25) is 0 Å². The third-order valence-electron chi connectivity index (χ3n) is 6.40. The number of aliphatic hydroxyl groups is 1. The van der Waals surface area contributed by atoms with Crippen LogP contribution in [0.5, 0.6) is 0 Å². The van der Waals surface area contributed by atoms with Crippen molar-refractivity contribution in [1.82, 2.24) is 9.80 Å². The molecule has 2 aliphatic rings. The van der Waals surface area contributed by atoms with Gasteiger partial charge in [-0.25, -0.2) is 9.59 Å². The Morgan fingerprint density at radius 1 is 0.674 bits per heavy atom. The fourth-order valence-corrected chi connectivity index (χ4v) is 4.92. The zero-order valence-electron chi connectivity index (χ0n) is 25.8. The van der Waals surface area contributed by atoms with E-state index in [-0.39, 0.29) is 18.0 Å². The van der Waals surface area contributed by atoms with E-state index in [2.05, 4.69) is 47.8 Å². The molecule has 0 aromatic heterocycles. The highest BCUT2D eigenvalue weighted by Crippen LogP contribution is 2.34. The van der Waals surface area contributed by atoms with E-state index in [4.69, 9.17) is 9.47 Å². The highest BCUT2D eigenvalue weighted by atomic mass is 79.9. The molecule has 2 aliphatic heterocycles. The Morgan fingerprint density at radius 3 is 1.35 bits per heavy atom. The Labute approximate surface area is 280 Å². The lowest BCUT2D eigenvalue weighted by Crippen LogP contribution is -2.46. The van der Waals surface area contributed by atoms with Crippen LogP contribution in [0.25, 0.3) is 0 Å². The van der Waals surface area contributed by atoms with E-state index in [0.29, 0.717) is 51.9 Å². The van der Waals surface area contributed by atoms with Crippen LogP contribution in [0.3, 0.4) is 0 Å². The van der Waals surface area contributed by atoms with Crippen molar-refractivity contribution in [2.45, 2.75) is 84.0 Å². The molecule has 0 saturated carbocycles. The zero-order valence-corrected chi connectivity index (χ0v) is 30.6. The van der Waals surface area contributed by atoms with E-state index in [1.54, 1.807) is 9.80 Å². The van der Waals surface area contributed by atoms with E-state index in [1.807, 2.05) is 90.1 Å². The minimum Gasteiger partial charge on any atom is -0.444 e. The lowest BCUT2D eigenvalue weighted by molar-refractivity contribution is -0.121. The number of benzene rings is 2. The van der Waals surface area contributed by atoms with Crippen molar-refractivity contribution in [3.8, 4) is 0 Å². The Bertz CT molecular complexity index is 1170. The van der Waals surface area contributed by atoms with Crippen molar-refractivity contribution in [2.24, 2.45) is 0 Å². The second-order valence-electron chi connectivity index (χ2n) is 12.4. The molecule has 2 saturated heterocycles. The van der Waals surface area contributed by atoms with Gasteiger partial charge in [0.15, 0.2) is 0 Å². The summed E-state index contributed by atoms with van der Waals surface area (Å²) < 4.78 is 13.8. The van der Waals surface area contributed by atoms with Crippen LogP contribution < -0.4 is 0 Å². The molecule has 2 heterocycles. The second kappa shape index (κ2) is 16.4. The number of amides is 2. The standard InChI is InChI=1S/C16H22BrNO3.C10H17NO3.C6H4Br2/c1-15(2,3)21-14(19)18-10-8-16(20,9-11-18)12-4-6-13(17)7-5-12;1-10(2,3)14-9(13)11-6-4-8(12)5-7-11;7-5-1-2-6(8)4-3-5/h4-7,20H,8-11H2,1-3H3;4-7H2,1-3H3;1-4H. The first-order valence-corrected chi connectivity index (χ1v) is 16.6. The highest BCUT2D eigenvalue weighted by molar-refractivity contribution is 9.11. The summed E-state index contributed by atoms with van der Waals surface area (Å²) in [6.45, 7) is 13.1. The monoisotopic (exact) mass is 788 g/mol. The number of carbonyl (C=O) groups is 3. The first-order valence-electron chi connectivity index (χ1n) is 14.2. The summed E-state index contributed by atoms with van der Waals surface area (Å²) in [5.41, 5.74) is -0.913. The molecule has 0 unspecified atom stereocenters. The van der Waals surface area contributed by atoms with Crippen molar-refractivity contribution < 1.29 is 29.0 Å². The lowest BCUT2D eigenvalue weighted by Gasteiger charge is -2.38. The fraction of sp³-hybridized carbons (Fsp3) is 0.531. The zero-order chi connectivity index (χ0) is 32.4. The van der Waals surface area contributed by atoms with E-state index in [1.165, 1.54) is 0 Å². The molecule has 2 aromatic rings. The van der Waals surface area contributed by atoms with Crippen molar-refractivity contribution in [3.05, 3.63) is 67.5 Å². The topological polar surface area (TPSA) is 96.4 Å². The van der Waals surface area contributed by atoms with Crippen molar-refractivity contribution in [2.75, 3.05) is 26.2 Å². The van der Waals surface area contributed by atoms with Crippen LogP contribution in [0.15, 0.2) is 61.9 Å². The lowest BCUT2D eigenvalue weighted by atomic mass is 9.84. The van der Waals surface area contributed by atoms with Gasteiger partial charge < -0.3 is 24.4 Å². The van der Waals surface area contributed by atoms with Gasteiger partial charge in [-0.05, 0) is 96.3 Å². The third kappa shape index (κ3) is 14.1. The van der Waals surface area contributed by atoms with Gasteiger partial charge in [0.1, 0.15) is 17.0 Å². The van der Waals surface area contributed by atoms with Crippen molar-refractivity contribution in [3.63, 3.8) is 0 Å². The summed E-state index contributed by atoms with van der Waals surface area (Å²) in [5, 5.41) is 10.8. The number of halogens is 3. The van der Waals surface area contributed by atoms with Gasteiger partial charge in [-0.1, -0.05) is 59.9 Å². The van der Waals surface area contributed by atoms with Crippen LogP contribution in [0.1, 0.15) is 72.8 Å². The molecule has 1 N–H and O–H groups in total. The number of hydrogen-bond donors (Lipinski definition) is 1. The van der Waals surface area contributed by atoms with E-state index in [0.717, 1.165) is 19.0 Å². The number of ether oxygens (including phenoxy) is 2. The molecule has 2 aromatic carbocycles. The number of piperidine rings is 2. The summed E-state index contributed by atoms with van der Waals surface area (Å²) in [7, 11) is 0.